The predicted molar refractivity (Wildman–Crippen MR) is 89.7 cm³/mol. The maximum Gasteiger partial charge on any atom is 0.224 e. The molecule has 5 nitrogen and oxygen atoms in total. The van der Waals surface area contributed by atoms with Crippen LogP contribution in [0.5, 0.6) is 0 Å². The van der Waals surface area contributed by atoms with Gasteiger partial charge < -0.3 is 11.1 Å². The topological polar surface area (TPSA) is 71.2 Å². The van der Waals surface area contributed by atoms with Crippen molar-refractivity contribution in [3.05, 3.63) is 29.3 Å². The van der Waals surface area contributed by atoms with Crippen LogP contribution in [0.25, 0.3) is 10.2 Å². The number of nitrogens with two attached hydrogens (primary N) is 1. The van der Waals surface area contributed by atoms with Crippen molar-refractivity contribution >= 4 is 27.5 Å². The Labute approximate surface area is 134 Å². The highest BCUT2D eigenvalue weighted by Crippen LogP contribution is 2.24. The lowest BCUT2D eigenvalue weighted by atomic mass is 9.97. The molecule has 1 aromatic heterocycles. The number of carbonyl (C=O) groups excluding carboxylic acids is 1. The third kappa shape index (κ3) is 3.63. The molecule has 2 heterocycles. The first kappa shape index (κ1) is 15.4. The second kappa shape index (κ2) is 7.17. The summed E-state index contributed by atoms with van der Waals surface area (Å²) in [7, 11) is 0. The number of amides is 1. The number of benzene rings is 1. The number of likely N-dealkylation sites (tertiary alicyclic amines) is 1. The molecule has 1 fully saturated rings. The monoisotopic (exact) mass is 318 g/mol. The fourth-order valence-electron chi connectivity index (χ4n) is 2.93. The van der Waals surface area contributed by atoms with E-state index in [1.165, 1.54) is 4.70 Å². The number of hydrogen-bond donors (Lipinski definition) is 2. The zero-order valence-corrected chi connectivity index (χ0v) is 13.4. The minimum atomic E-state index is 0.0784. The van der Waals surface area contributed by atoms with E-state index >= 15 is 0 Å². The number of fused-ring (bicyclic) bond motifs is 1. The molecule has 1 atom stereocenters. The Kier molecular flexibility index (Phi) is 5.02. The lowest BCUT2D eigenvalue weighted by Crippen LogP contribution is -2.43. The first-order chi connectivity index (χ1) is 10.8. The number of hydrogen-bond acceptors (Lipinski definition) is 5. The van der Waals surface area contributed by atoms with E-state index < -0.39 is 0 Å². The van der Waals surface area contributed by atoms with Gasteiger partial charge in [-0.05, 0) is 31.5 Å². The highest BCUT2D eigenvalue weighted by atomic mass is 32.1. The van der Waals surface area contributed by atoms with E-state index in [9.17, 15) is 4.79 Å². The van der Waals surface area contributed by atoms with Gasteiger partial charge in [-0.15, -0.1) is 11.3 Å². The molecule has 0 bridgehead atoms. The summed E-state index contributed by atoms with van der Waals surface area (Å²) in [6, 6.07) is 8.22. The summed E-state index contributed by atoms with van der Waals surface area (Å²) in [5.74, 6) is 0.217. The molecule has 1 aliphatic heterocycles. The van der Waals surface area contributed by atoms with E-state index in [4.69, 9.17) is 5.73 Å². The number of carbonyl (C=O) groups is 1. The SMILES string of the molecule is NCCNC(=O)C1CCCN(Cc2nc3ccccc3s2)C1. The first-order valence-corrected chi connectivity index (χ1v) is 8.62. The van der Waals surface area contributed by atoms with E-state index in [2.05, 4.69) is 27.3 Å². The van der Waals surface area contributed by atoms with Crippen molar-refractivity contribution in [2.45, 2.75) is 19.4 Å². The Hall–Kier alpha value is -1.50. The first-order valence-electron chi connectivity index (χ1n) is 7.81. The van der Waals surface area contributed by atoms with Crippen LogP contribution in [0.2, 0.25) is 0 Å². The van der Waals surface area contributed by atoms with Crippen LogP contribution in [0.1, 0.15) is 17.8 Å². The van der Waals surface area contributed by atoms with Crippen LogP contribution in [0.4, 0.5) is 0 Å². The number of nitrogens with one attached hydrogen (secondary N) is 1. The van der Waals surface area contributed by atoms with Crippen LogP contribution >= 0.6 is 11.3 Å². The Morgan fingerprint density at radius 2 is 2.32 bits per heavy atom. The number of piperidine rings is 1. The molecule has 1 saturated heterocycles. The van der Waals surface area contributed by atoms with E-state index in [0.717, 1.165) is 43.0 Å². The van der Waals surface area contributed by atoms with Gasteiger partial charge >= 0.3 is 0 Å². The van der Waals surface area contributed by atoms with Crippen molar-refractivity contribution in [3.8, 4) is 0 Å². The summed E-state index contributed by atoms with van der Waals surface area (Å²) in [5.41, 5.74) is 6.51. The Morgan fingerprint density at radius 3 is 3.14 bits per heavy atom. The van der Waals surface area contributed by atoms with Crippen LogP contribution in [-0.2, 0) is 11.3 Å². The molecule has 0 spiro atoms. The fourth-order valence-corrected chi connectivity index (χ4v) is 3.94. The second-order valence-corrected chi connectivity index (χ2v) is 6.84. The highest BCUT2D eigenvalue weighted by molar-refractivity contribution is 7.18. The van der Waals surface area contributed by atoms with Gasteiger partial charge in [-0.2, -0.15) is 0 Å². The average Bonchev–Trinajstić information content (AvgIpc) is 2.95. The maximum atomic E-state index is 12.1. The fraction of sp³-hybridized carbons (Fsp3) is 0.500. The van der Waals surface area contributed by atoms with Crippen molar-refractivity contribution in [2.75, 3.05) is 26.2 Å². The number of thiazole rings is 1. The van der Waals surface area contributed by atoms with Crippen molar-refractivity contribution < 1.29 is 4.79 Å². The smallest absolute Gasteiger partial charge is 0.224 e. The van der Waals surface area contributed by atoms with Gasteiger partial charge in [-0.25, -0.2) is 4.98 Å². The van der Waals surface area contributed by atoms with E-state index in [0.29, 0.717) is 13.1 Å². The molecule has 0 aliphatic carbocycles. The van der Waals surface area contributed by atoms with Crippen molar-refractivity contribution in [1.29, 1.82) is 0 Å². The van der Waals surface area contributed by atoms with Crippen molar-refractivity contribution in [3.63, 3.8) is 0 Å². The molecular formula is C16H22N4OS. The zero-order chi connectivity index (χ0) is 15.4. The average molecular weight is 318 g/mol. The van der Waals surface area contributed by atoms with Crippen LogP contribution < -0.4 is 11.1 Å². The van der Waals surface area contributed by atoms with E-state index in [1.54, 1.807) is 11.3 Å². The Bertz CT molecular complexity index is 609. The van der Waals surface area contributed by atoms with Crippen LogP contribution in [0.3, 0.4) is 0 Å². The third-order valence-electron chi connectivity index (χ3n) is 4.02. The maximum absolute atomic E-state index is 12.1. The molecule has 6 heteroatoms. The summed E-state index contributed by atoms with van der Waals surface area (Å²) in [5, 5.41) is 4.03. The Morgan fingerprint density at radius 1 is 1.45 bits per heavy atom. The summed E-state index contributed by atoms with van der Waals surface area (Å²) >= 11 is 1.74. The predicted octanol–water partition coefficient (Wildman–Crippen LogP) is 1.58. The number of nitrogens with zero attached hydrogens (tertiary/aromatic N) is 2. The summed E-state index contributed by atoms with van der Waals surface area (Å²) in [4.78, 5) is 19.1. The molecule has 1 amide bonds. The molecule has 0 radical (unpaired) electrons. The molecule has 1 unspecified atom stereocenters. The molecule has 1 aliphatic rings. The summed E-state index contributed by atoms with van der Waals surface area (Å²) < 4.78 is 1.23. The van der Waals surface area contributed by atoms with Gasteiger partial charge in [0.1, 0.15) is 5.01 Å². The lowest BCUT2D eigenvalue weighted by Gasteiger charge is -2.31. The molecule has 118 valence electrons. The molecule has 1 aromatic carbocycles. The molecule has 3 N–H and O–H groups in total. The molecule has 2 aromatic rings. The Balaban J connectivity index is 1.61. The summed E-state index contributed by atoms with van der Waals surface area (Å²) in [6.07, 6.45) is 2.03. The molecular weight excluding hydrogens is 296 g/mol. The number of para-hydroxylation sites is 1. The molecule has 3 rings (SSSR count). The summed E-state index contributed by atoms with van der Waals surface area (Å²) in [6.45, 7) is 3.74. The number of rotatable bonds is 5. The minimum Gasteiger partial charge on any atom is -0.355 e. The molecule has 22 heavy (non-hydrogen) atoms. The lowest BCUT2D eigenvalue weighted by molar-refractivity contribution is -0.126. The third-order valence-corrected chi connectivity index (χ3v) is 5.04. The van der Waals surface area contributed by atoms with Gasteiger partial charge in [-0.3, -0.25) is 9.69 Å². The van der Waals surface area contributed by atoms with E-state index in [1.807, 2.05) is 12.1 Å². The normalized spacial score (nSPS) is 19.4. The zero-order valence-electron chi connectivity index (χ0n) is 12.6. The molecule has 0 saturated carbocycles. The number of aromatic nitrogens is 1. The van der Waals surface area contributed by atoms with Gasteiger partial charge in [0.15, 0.2) is 0 Å². The second-order valence-electron chi connectivity index (χ2n) is 5.73. The van der Waals surface area contributed by atoms with Crippen LogP contribution in [-0.4, -0.2) is 42.0 Å². The van der Waals surface area contributed by atoms with Gasteiger partial charge in [0.25, 0.3) is 0 Å². The van der Waals surface area contributed by atoms with Gasteiger partial charge in [0.2, 0.25) is 5.91 Å². The quantitative estimate of drug-likeness (QED) is 0.878. The highest BCUT2D eigenvalue weighted by Gasteiger charge is 2.26. The van der Waals surface area contributed by atoms with Crippen molar-refractivity contribution in [1.82, 2.24) is 15.2 Å². The van der Waals surface area contributed by atoms with Crippen LogP contribution in [0.15, 0.2) is 24.3 Å². The van der Waals surface area contributed by atoms with Gasteiger partial charge in [0, 0.05) is 19.6 Å². The van der Waals surface area contributed by atoms with Crippen LogP contribution in [0, 0.1) is 5.92 Å². The van der Waals surface area contributed by atoms with E-state index in [-0.39, 0.29) is 11.8 Å². The van der Waals surface area contributed by atoms with Gasteiger partial charge in [0.05, 0.1) is 22.7 Å². The minimum absolute atomic E-state index is 0.0784. The van der Waals surface area contributed by atoms with Crippen molar-refractivity contribution in [2.24, 2.45) is 11.7 Å². The van der Waals surface area contributed by atoms with Gasteiger partial charge in [-0.1, -0.05) is 12.1 Å². The largest absolute Gasteiger partial charge is 0.355 e. The standard InChI is InChI=1S/C16H22N4OS/c17-7-8-18-16(21)12-4-3-9-20(10-12)11-15-19-13-5-1-2-6-14(13)22-15/h1-2,5-6,12H,3-4,7-11,17H2,(H,18,21).